The van der Waals surface area contributed by atoms with E-state index in [2.05, 4.69) is 22.3 Å². The molecule has 0 spiro atoms. The van der Waals surface area contributed by atoms with Gasteiger partial charge in [-0.25, -0.2) is 4.99 Å². The summed E-state index contributed by atoms with van der Waals surface area (Å²) in [6.45, 7) is 1.76. The minimum atomic E-state index is -2.93. The molecule has 9 heteroatoms. The first-order chi connectivity index (χ1) is 13.1. The molecular weight excluding hydrogens is 398 g/mol. The van der Waals surface area contributed by atoms with Crippen LogP contribution >= 0.6 is 23.4 Å². The summed E-state index contributed by atoms with van der Waals surface area (Å²) in [6, 6.07) is 11.8. The van der Waals surface area contributed by atoms with E-state index in [9.17, 15) is 19.0 Å². The second-order valence-corrected chi connectivity index (χ2v) is 8.89. The summed E-state index contributed by atoms with van der Waals surface area (Å²) in [5.41, 5.74) is 8.17. The smallest absolute Gasteiger partial charge is 0.177 e. The number of nitrogens with one attached hydrogen (secondary N) is 1. The largest absolute Gasteiger partial charge is 0.506 e. The van der Waals surface area contributed by atoms with E-state index in [0.29, 0.717) is 21.8 Å². The lowest BCUT2D eigenvalue weighted by Gasteiger charge is -2.28. The van der Waals surface area contributed by atoms with Crippen molar-refractivity contribution in [1.82, 2.24) is 0 Å². The van der Waals surface area contributed by atoms with E-state index >= 15 is 0 Å². The number of aliphatic hydroxyl groups is 1. The predicted molar refractivity (Wildman–Crippen MR) is 117 cm³/mol. The Balaban J connectivity index is 2.01. The van der Waals surface area contributed by atoms with Crippen LogP contribution in [0.5, 0.6) is 0 Å². The number of hydrogen-bond acceptors (Lipinski definition) is 7. The average molecular weight is 420 g/mol. The molecule has 3 rings (SSSR count). The molecule has 0 aromatic heterocycles. The van der Waals surface area contributed by atoms with E-state index in [-0.39, 0.29) is 23.0 Å². The van der Waals surface area contributed by atoms with Crippen molar-refractivity contribution >= 4 is 52.2 Å². The maximum absolute atomic E-state index is 12.8. The number of carbonyl (C=O) groups excluding carboxylic acids is 1. The molecule has 1 unspecified atom stereocenters. The summed E-state index contributed by atoms with van der Waals surface area (Å²) in [5.74, 6) is -1.07. The van der Waals surface area contributed by atoms with E-state index in [1.165, 1.54) is 6.26 Å². The number of nitrogens with two attached hydrogens (primary N) is 1. The van der Waals surface area contributed by atoms with Gasteiger partial charge in [0.1, 0.15) is 17.2 Å². The van der Waals surface area contributed by atoms with Gasteiger partial charge in [0.15, 0.2) is 5.78 Å². The summed E-state index contributed by atoms with van der Waals surface area (Å²) in [5, 5.41) is 10.6. The average Bonchev–Trinajstić information content (AvgIpc) is 2.61. The second kappa shape index (κ2) is 7.51. The fourth-order valence-electron chi connectivity index (χ4n) is 3.04. The summed E-state index contributed by atoms with van der Waals surface area (Å²) < 4.78 is 21.5. The first-order valence-electron chi connectivity index (χ1n) is 8.33. The highest BCUT2D eigenvalue weighted by molar-refractivity contribution is 8.24. The Morgan fingerprint density at radius 1 is 1.25 bits per heavy atom. The number of ketones is 1. The van der Waals surface area contributed by atoms with Gasteiger partial charge in [0.25, 0.3) is 0 Å². The molecule has 6 N–H and O–H groups in total. The molecule has 2 aromatic carbocycles. The third kappa shape index (κ3) is 4.02. The quantitative estimate of drug-likeness (QED) is 0.249. The number of benzene rings is 2. The van der Waals surface area contributed by atoms with Crippen molar-refractivity contribution in [2.75, 3.05) is 11.0 Å². The Bertz CT molecular complexity index is 1010. The number of carbonyl (C=O) groups is 1. The van der Waals surface area contributed by atoms with Gasteiger partial charge in [0.2, 0.25) is 0 Å². The highest BCUT2D eigenvalue weighted by atomic mass is 32.3. The number of amidine groups is 1. The molecule has 28 heavy (non-hydrogen) atoms. The molecule has 1 aliphatic rings. The van der Waals surface area contributed by atoms with E-state index in [0.717, 1.165) is 5.56 Å². The molecule has 7 nitrogen and oxygen atoms in total. The summed E-state index contributed by atoms with van der Waals surface area (Å²) in [6.07, 6.45) is 1.26. The van der Waals surface area contributed by atoms with Crippen molar-refractivity contribution < 1.29 is 19.0 Å². The van der Waals surface area contributed by atoms with Gasteiger partial charge in [-0.05, 0) is 23.8 Å². The molecule has 0 fully saturated rings. The van der Waals surface area contributed by atoms with Crippen LogP contribution in [0.4, 0.5) is 11.4 Å². The predicted octanol–water partition coefficient (Wildman–Crippen LogP) is 4.33. The Morgan fingerprint density at radius 2 is 1.93 bits per heavy atom. The number of aliphatic imine (C=N–C) groups is 1. The lowest BCUT2D eigenvalue weighted by Crippen LogP contribution is -2.29. The zero-order chi connectivity index (χ0) is 20.6. The second-order valence-electron chi connectivity index (χ2n) is 6.53. The van der Waals surface area contributed by atoms with Crippen molar-refractivity contribution in [2.24, 2.45) is 10.7 Å². The summed E-state index contributed by atoms with van der Waals surface area (Å²) in [7, 11) is -2.93. The number of Topliss-reactive ketones (excluding diaryl/α,β-unsaturated/α-hetero) is 1. The number of anilines is 1. The number of thiol groups is 1. The van der Waals surface area contributed by atoms with Gasteiger partial charge in [0.05, 0.1) is 11.4 Å². The van der Waals surface area contributed by atoms with Gasteiger partial charge in [-0.15, -0.1) is 23.4 Å². The highest BCUT2D eigenvalue weighted by Crippen LogP contribution is 2.38. The van der Waals surface area contributed by atoms with Gasteiger partial charge in [-0.3, -0.25) is 18.6 Å². The van der Waals surface area contributed by atoms with E-state index < -0.39 is 16.7 Å². The maximum atomic E-state index is 12.8. The molecule has 0 saturated carbocycles. The van der Waals surface area contributed by atoms with Gasteiger partial charge in [0, 0.05) is 22.6 Å². The Morgan fingerprint density at radius 3 is 2.57 bits per heavy atom. The van der Waals surface area contributed by atoms with Crippen LogP contribution < -0.4 is 10.5 Å². The Hall–Kier alpha value is -2.46. The molecular formula is C19H21N3O4S2. The molecule has 1 aliphatic carbocycles. The van der Waals surface area contributed by atoms with Gasteiger partial charge >= 0.3 is 0 Å². The minimum absolute atomic E-state index is 0.0242. The fourth-order valence-corrected chi connectivity index (χ4v) is 3.87. The molecule has 2 aromatic rings. The van der Waals surface area contributed by atoms with Crippen molar-refractivity contribution in [3.05, 3.63) is 59.2 Å². The number of fused-ring (bicyclic) bond motifs is 1. The minimum Gasteiger partial charge on any atom is -0.506 e. The van der Waals surface area contributed by atoms with Crippen molar-refractivity contribution in [3.63, 3.8) is 0 Å². The van der Waals surface area contributed by atoms with Gasteiger partial charge in [-0.1, -0.05) is 31.2 Å². The van der Waals surface area contributed by atoms with Crippen LogP contribution in [0, 0.1) is 0 Å². The number of aliphatic hydroxyl groups excluding tert-OH is 1. The molecule has 0 aliphatic heterocycles. The van der Waals surface area contributed by atoms with Crippen LogP contribution in [0.2, 0.25) is 0 Å². The standard InChI is InChI=1S/C19H21N3O4S2/c1-10-12-5-3-4-6-13(12)18(24)16(17(10)23)19(20)21-14-8-7-11(9-15(14)27)22-28(2,25)26/h3-10,22,24-27H,1-2H3,(H2,20,21). The molecule has 0 saturated heterocycles. The van der Waals surface area contributed by atoms with Crippen LogP contribution in [-0.4, -0.2) is 32.1 Å². The molecule has 148 valence electrons. The zero-order valence-corrected chi connectivity index (χ0v) is 17.0. The first-order valence-corrected chi connectivity index (χ1v) is 10.7. The molecule has 1 atom stereocenters. The van der Waals surface area contributed by atoms with Gasteiger partial charge < -0.3 is 10.8 Å². The van der Waals surface area contributed by atoms with Crippen LogP contribution in [0.3, 0.4) is 0 Å². The monoisotopic (exact) mass is 419 g/mol. The molecule has 0 radical (unpaired) electrons. The Labute approximate surface area is 169 Å². The topological polar surface area (TPSA) is 128 Å². The maximum Gasteiger partial charge on any atom is 0.177 e. The zero-order valence-electron chi connectivity index (χ0n) is 15.2. The number of rotatable bonds is 4. The highest BCUT2D eigenvalue weighted by Gasteiger charge is 2.33. The molecule has 0 amide bonds. The summed E-state index contributed by atoms with van der Waals surface area (Å²) in [4.78, 5) is 17.4. The van der Waals surface area contributed by atoms with Crippen molar-refractivity contribution in [3.8, 4) is 0 Å². The van der Waals surface area contributed by atoms with Crippen LogP contribution in [-0.2, 0) is 4.79 Å². The van der Waals surface area contributed by atoms with E-state index in [1.54, 1.807) is 43.3 Å². The normalized spacial score (nSPS) is 18.1. The van der Waals surface area contributed by atoms with Crippen LogP contribution in [0.25, 0.3) is 5.76 Å². The SMILES string of the molecule is CC1C(=O)C(C(N)=Nc2ccc(NS(C)(O)O)cc2S)=C(O)c2ccccc21. The lowest BCUT2D eigenvalue weighted by molar-refractivity contribution is -0.116. The number of hydrogen-bond donors (Lipinski definition) is 6. The first kappa shape index (κ1) is 20.3. The van der Waals surface area contributed by atoms with Crippen molar-refractivity contribution in [2.45, 2.75) is 17.7 Å². The molecule has 0 bridgehead atoms. The van der Waals surface area contributed by atoms with Crippen LogP contribution in [0.15, 0.2) is 57.9 Å². The molecule has 0 heterocycles. The third-order valence-electron chi connectivity index (χ3n) is 4.34. The third-order valence-corrected chi connectivity index (χ3v) is 5.32. The van der Waals surface area contributed by atoms with Gasteiger partial charge in [-0.2, -0.15) is 0 Å². The lowest BCUT2D eigenvalue weighted by atomic mass is 9.81. The fraction of sp³-hybridized carbons (Fsp3) is 0.158. The van der Waals surface area contributed by atoms with Crippen LogP contribution in [0.1, 0.15) is 24.0 Å². The van der Waals surface area contributed by atoms with E-state index in [1.807, 2.05) is 6.07 Å². The summed E-state index contributed by atoms with van der Waals surface area (Å²) >= 11 is 4.34. The van der Waals surface area contributed by atoms with E-state index in [4.69, 9.17) is 5.73 Å². The Kier molecular flexibility index (Phi) is 5.44. The van der Waals surface area contributed by atoms with Crippen molar-refractivity contribution in [1.29, 1.82) is 0 Å². The number of nitrogens with zero attached hydrogens (tertiary/aromatic N) is 1.